The zero-order chi connectivity index (χ0) is 13.0. The van der Waals surface area contributed by atoms with Gasteiger partial charge in [0.15, 0.2) is 5.82 Å². The second-order valence-corrected chi connectivity index (χ2v) is 5.80. The smallest absolute Gasteiger partial charge is 0.223 e. The molecular formula is C14H25N3O. The van der Waals surface area contributed by atoms with Gasteiger partial charge < -0.3 is 9.84 Å². The molecule has 2 rings (SSSR count). The number of hydrogen-bond donors (Lipinski definition) is 1. The van der Waals surface area contributed by atoms with E-state index in [1.54, 1.807) is 0 Å². The molecule has 2 unspecified atom stereocenters. The van der Waals surface area contributed by atoms with Crippen LogP contribution in [0.1, 0.15) is 51.2 Å². The van der Waals surface area contributed by atoms with Crippen LogP contribution in [0.15, 0.2) is 4.52 Å². The summed E-state index contributed by atoms with van der Waals surface area (Å²) in [7, 11) is 0. The van der Waals surface area contributed by atoms with Crippen molar-refractivity contribution in [3.63, 3.8) is 0 Å². The Hall–Kier alpha value is -0.900. The second-order valence-electron chi connectivity index (χ2n) is 5.80. The van der Waals surface area contributed by atoms with Gasteiger partial charge in [-0.05, 0) is 24.7 Å². The molecule has 0 aromatic carbocycles. The summed E-state index contributed by atoms with van der Waals surface area (Å²) in [5, 5.41) is 7.56. The van der Waals surface area contributed by atoms with Gasteiger partial charge in [-0.1, -0.05) is 31.8 Å². The van der Waals surface area contributed by atoms with Gasteiger partial charge in [0.1, 0.15) is 0 Å². The molecule has 4 nitrogen and oxygen atoms in total. The van der Waals surface area contributed by atoms with E-state index >= 15 is 0 Å². The fourth-order valence-corrected chi connectivity index (χ4v) is 2.85. The van der Waals surface area contributed by atoms with Crippen LogP contribution in [0.2, 0.25) is 0 Å². The van der Waals surface area contributed by atoms with Gasteiger partial charge in [-0.25, -0.2) is 0 Å². The Bertz CT molecular complexity index is 362. The Morgan fingerprint density at radius 2 is 2.22 bits per heavy atom. The predicted molar refractivity (Wildman–Crippen MR) is 71.3 cm³/mol. The number of hydrogen-bond acceptors (Lipinski definition) is 4. The number of nitrogens with zero attached hydrogens (tertiary/aromatic N) is 2. The minimum atomic E-state index is 0.655. The van der Waals surface area contributed by atoms with Crippen LogP contribution in [0.25, 0.3) is 0 Å². The molecule has 0 amide bonds. The molecule has 1 N–H and O–H groups in total. The highest BCUT2D eigenvalue weighted by atomic mass is 16.5. The lowest BCUT2D eigenvalue weighted by Crippen LogP contribution is -2.36. The highest BCUT2D eigenvalue weighted by Gasteiger charge is 2.23. The zero-order valence-corrected chi connectivity index (χ0v) is 11.8. The van der Waals surface area contributed by atoms with Crippen LogP contribution >= 0.6 is 0 Å². The molecule has 0 saturated heterocycles. The van der Waals surface area contributed by atoms with Crippen molar-refractivity contribution in [3.05, 3.63) is 11.7 Å². The molecule has 18 heavy (non-hydrogen) atoms. The molecular weight excluding hydrogens is 226 g/mol. The molecule has 0 bridgehead atoms. The van der Waals surface area contributed by atoms with E-state index in [4.69, 9.17) is 4.52 Å². The van der Waals surface area contributed by atoms with Crippen molar-refractivity contribution in [2.75, 3.05) is 6.54 Å². The van der Waals surface area contributed by atoms with E-state index in [0.29, 0.717) is 11.9 Å². The van der Waals surface area contributed by atoms with Crippen molar-refractivity contribution in [2.45, 2.75) is 58.9 Å². The van der Waals surface area contributed by atoms with Crippen molar-refractivity contribution < 1.29 is 4.52 Å². The monoisotopic (exact) mass is 251 g/mol. The van der Waals surface area contributed by atoms with Crippen LogP contribution in [0, 0.1) is 18.8 Å². The summed E-state index contributed by atoms with van der Waals surface area (Å²) in [6.45, 7) is 7.47. The molecule has 1 aromatic heterocycles. The van der Waals surface area contributed by atoms with Gasteiger partial charge in [-0.2, -0.15) is 4.98 Å². The lowest BCUT2D eigenvalue weighted by molar-refractivity contribution is 0.232. The summed E-state index contributed by atoms with van der Waals surface area (Å²) < 4.78 is 4.97. The molecule has 1 heterocycles. The molecule has 1 saturated carbocycles. The molecule has 0 radical (unpaired) electrons. The van der Waals surface area contributed by atoms with E-state index in [9.17, 15) is 0 Å². The quantitative estimate of drug-likeness (QED) is 0.874. The molecule has 1 aliphatic carbocycles. The number of aryl methyl sites for hydroxylation is 1. The fraction of sp³-hybridized carbons (Fsp3) is 0.857. The maximum atomic E-state index is 4.97. The van der Waals surface area contributed by atoms with Gasteiger partial charge in [0, 0.05) is 25.9 Å². The second kappa shape index (κ2) is 6.32. The minimum absolute atomic E-state index is 0.655. The van der Waals surface area contributed by atoms with Gasteiger partial charge in [0.2, 0.25) is 5.89 Å². The third kappa shape index (κ3) is 3.80. The molecule has 2 atom stereocenters. The summed E-state index contributed by atoms with van der Waals surface area (Å²) in [6, 6.07) is 0.680. The fourth-order valence-electron chi connectivity index (χ4n) is 2.85. The van der Waals surface area contributed by atoms with Crippen molar-refractivity contribution >= 4 is 0 Å². The molecule has 0 spiro atoms. The first kappa shape index (κ1) is 13.5. The first-order valence-electron chi connectivity index (χ1n) is 7.17. The van der Waals surface area contributed by atoms with Crippen LogP contribution < -0.4 is 5.32 Å². The summed E-state index contributed by atoms with van der Waals surface area (Å²) >= 11 is 0. The summed E-state index contributed by atoms with van der Waals surface area (Å²) in [5.74, 6) is 3.18. The van der Waals surface area contributed by atoms with Gasteiger partial charge in [-0.15, -0.1) is 0 Å². The Balaban J connectivity index is 1.70. The van der Waals surface area contributed by atoms with Crippen molar-refractivity contribution in [2.24, 2.45) is 11.8 Å². The van der Waals surface area contributed by atoms with Crippen LogP contribution in [0.3, 0.4) is 0 Å². The standard InChI is InChI=1S/C14H25N3O/c1-10(2)12-5-4-6-13(9-12)15-8-7-14-16-11(3)18-17-14/h10,12-13,15H,4-9H2,1-3H3. The molecule has 1 aromatic rings. The predicted octanol–water partition coefficient (Wildman–Crippen LogP) is 2.72. The molecule has 1 fully saturated rings. The maximum absolute atomic E-state index is 4.97. The summed E-state index contributed by atoms with van der Waals surface area (Å²) in [5.41, 5.74) is 0. The van der Waals surface area contributed by atoms with Crippen LogP contribution in [0.5, 0.6) is 0 Å². The topological polar surface area (TPSA) is 51.0 Å². The summed E-state index contributed by atoms with van der Waals surface area (Å²) in [4.78, 5) is 4.22. The average Bonchev–Trinajstić information content (AvgIpc) is 2.75. The first-order chi connectivity index (χ1) is 8.65. The molecule has 0 aliphatic heterocycles. The summed E-state index contributed by atoms with van der Waals surface area (Å²) in [6.07, 6.45) is 6.26. The Morgan fingerprint density at radius 1 is 1.39 bits per heavy atom. The third-order valence-electron chi connectivity index (χ3n) is 4.01. The van der Waals surface area contributed by atoms with Gasteiger partial charge >= 0.3 is 0 Å². The zero-order valence-electron chi connectivity index (χ0n) is 11.8. The number of rotatable bonds is 5. The first-order valence-corrected chi connectivity index (χ1v) is 7.17. The average molecular weight is 251 g/mol. The van der Waals surface area contributed by atoms with E-state index in [1.165, 1.54) is 25.7 Å². The van der Waals surface area contributed by atoms with E-state index in [2.05, 4.69) is 29.3 Å². The number of aromatic nitrogens is 2. The van der Waals surface area contributed by atoms with Crippen LogP contribution in [-0.2, 0) is 6.42 Å². The highest BCUT2D eigenvalue weighted by Crippen LogP contribution is 2.29. The lowest BCUT2D eigenvalue weighted by atomic mass is 9.79. The van der Waals surface area contributed by atoms with Gasteiger partial charge in [-0.3, -0.25) is 0 Å². The van der Waals surface area contributed by atoms with Crippen molar-refractivity contribution in [3.8, 4) is 0 Å². The van der Waals surface area contributed by atoms with Crippen molar-refractivity contribution in [1.29, 1.82) is 0 Å². The Labute approximate surface area is 110 Å². The normalized spacial score (nSPS) is 24.7. The highest BCUT2D eigenvalue weighted by molar-refractivity contribution is 4.86. The Morgan fingerprint density at radius 3 is 2.89 bits per heavy atom. The minimum Gasteiger partial charge on any atom is -0.340 e. The van der Waals surface area contributed by atoms with E-state index < -0.39 is 0 Å². The maximum Gasteiger partial charge on any atom is 0.223 e. The molecule has 4 heteroatoms. The van der Waals surface area contributed by atoms with E-state index in [1.807, 2.05) is 6.92 Å². The van der Waals surface area contributed by atoms with Gasteiger partial charge in [0.25, 0.3) is 0 Å². The molecule has 102 valence electrons. The van der Waals surface area contributed by atoms with E-state index in [-0.39, 0.29) is 0 Å². The van der Waals surface area contributed by atoms with Gasteiger partial charge in [0.05, 0.1) is 0 Å². The third-order valence-corrected chi connectivity index (χ3v) is 4.01. The lowest BCUT2D eigenvalue weighted by Gasteiger charge is -2.32. The van der Waals surface area contributed by atoms with E-state index in [0.717, 1.165) is 30.6 Å². The molecule has 1 aliphatic rings. The number of nitrogens with one attached hydrogen (secondary N) is 1. The SMILES string of the molecule is Cc1nc(CCNC2CCCC(C(C)C)C2)no1. The van der Waals surface area contributed by atoms with Crippen LogP contribution in [-0.4, -0.2) is 22.7 Å². The van der Waals surface area contributed by atoms with Crippen LogP contribution in [0.4, 0.5) is 0 Å². The largest absolute Gasteiger partial charge is 0.340 e. The Kier molecular flexibility index (Phi) is 4.75. The van der Waals surface area contributed by atoms with Crippen molar-refractivity contribution in [1.82, 2.24) is 15.5 Å².